The van der Waals surface area contributed by atoms with E-state index in [4.69, 9.17) is 0 Å². The van der Waals surface area contributed by atoms with Gasteiger partial charge in [-0.15, -0.1) is 0 Å². The molecule has 1 heterocycles. The minimum atomic E-state index is -0.160. The van der Waals surface area contributed by atoms with E-state index in [9.17, 15) is 9.59 Å². The van der Waals surface area contributed by atoms with Gasteiger partial charge in [0.05, 0.1) is 11.4 Å². The summed E-state index contributed by atoms with van der Waals surface area (Å²) in [5.74, 6) is -0.0502. The van der Waals surface area contributed by atoms with Crippen LogP contribution in [0.3, 0.4) is 0 Å². The SMILES string of the molecule is CCc1ccc(C(=O)Nc2ccccc2N2CCCC2=O)cc1. The number of aryl methyl sites for hydroxylation is 1. The quantitative estimate of drug-likeness (QED) is 0.937. The Labute approximate surface area is 136 Å². The Bertz CT molecular complexity index is 722. The van der Waals surface area contributed by atoms with Crippen molar-refractivity contribution in [3.05, 3.63) is 59.7 Å². The van der Waals surface area contributed by atoms with Gasteiger partial charge < -0.3 is 10.2 Å². The second-order valence-corrected chi connectivity index (χ2v) is 5.67. The number of rotatable bonds is 4. The van der Waals surface area contributed by atoms with E-state index in [0.29, 0.717) is 24.2 Å². The molecule has 1 fully saturated rings. The molecule has 0 aliphatic carbocycles. The van der Waals surface area contributed by atoms with Crippen molar-refractivity contribution in [2.75, 3.05) is 16.8 Å². The molecule has 1 N–H and O–H groups in total. The molecule has 0 bridgehead atoms. The van der Waals surface area contributed by atoms with Crippen LogP contribution >= 0.6 is 0 Å². The second-order valence-electron chi connectivity index (χ2n) is 5.67. The molecule has 1 aliphatic heterocycles. The minimum Gasteiger partial charge on any atom is -0.320 e. The molecule has 2 aromatic carbocycles. The molecule has 0 atom stereocenters. The van der Waals surface area contributed by atoms with Crippen LogP contribution in [0.1, 0.15) is 35.7 Å². The monoisotopic (exact) mass is 308 g/mol. The topological polar surface area (TPSA) is 49.4 Å². The Morgan fingerprint density at radius 1 is 1.13 bits per heavy atom. The Kier molecular flexibility index (Phi) is 4.42. The van der Waals surface area contributed by atoms with Crippen LogP contribution in [0, 0.1) is 0 Å². The maximum atomic E-state index is 12.4. The van der Waals surface area contributed by atoms with Crippen molar-refractivity contribution >= 4 is 23.2 Å². The van der Waals surface area contributed by atoms with E-state index in [0.717, 1.165) is 18.5 Å². The van der Waals surface area contributed by atoms with Crippen LogP contribution in [0.25, 0.3) is 0 Å². The van der Waals surface area contributed by atoms with Crippen molar-refractivity contribution < 1.29 is 9.59 Å². The van der Waals surface area contributed by atoms with E-state index in [1.54, 1.807) is 4.90 Å². The van der Waals surface area contributed by atoms with E-state index in [-0.39, 0.29) is 11.8 Å². The number of hydrogen-bond acceptors (Lipinski definition) is 2. The van der Waals surface area contributed by atoms with Gasteiger partial charge in [0.25, 0.3) is 5.91 Å². The number of nitrogens with zero attached hydrogens (tertiary/aromatic N) is 1. The molecule has 2 aromatic rings. The minimum absolute atomic E-state index is 0.110. The van der Waals surface area contributed by atoms with E-state index < -0.39 is 0 Å². The molecular weight excluding hydrogens is 288 g/mol. The zero-order chi connectivity index (χ0) is 16.2. The number of nitrogens with one attached hydrogen (secondary N) is 1. The number of para-hydroxylation sites is 2. The molecule has 118 valence electrons. The summed E-state index contributed by atoms with van der Waals surface area (Å²) in [5, 5.41) is 2.93. The highest BCUT2D eigenvalue weighted by atomic mass is 16.2. The van der Waals surface area contributed by atoms with E-state index >= 15 is 0 Å². The number of carbonyl (C=O) groups excluding carboxylic acids is 2. The number of hydrogen-bond donors (Lipinski definition) is 1. The average molecular weight is 308 g/mol. The van der Waals surface area contributed by atoms with Crippen molar-refractivity contribution in [3.8, 4) is 0 Å². The molecule has 0 spiro atoms. The maximum absolute atomic E-state index is 12.4. The zero-order valence-corrected chi connectivity index (χ0v) is 13.2. The number of anilines is 2. The van der Waals surface area contributed by atoms with Crippen molar-refractivity contribution in [2.45, 2.75) is 26.2 Å². The molecule has 23 heavy (non-hydrogen) atoms. The summed E-state index contributed by atoms with van der Waals surface area (Å²) in [6.07, 6.45) is 2.38. The fourth-order valence-corrected chi connectivity index (χ4v) is 2.80. The highest BCUT2D eigenvalue weighted by Gasteiger charge is 2.24. The van der Waals surface area contributed by atoms with Crippen LogP contribution in [-0.2, 0) is 11.2 Å². The molecule has 3 rings (SSSR count). The third-order valence-electron chi connectivity index (χ3n) is 4.14. The normalized spacial score (nSPS) is 14.1. The van der Waals surface area contributed by atoms with Gasteiger partial charge in [-0.05, 0) is 42.7 Å². The molecular formula is C19H20N2O2. The molecule has 1 saturated heterocycles. The van der Waals surface area contributed by atoms with Gasteiger partial charge in [0, 0.05) is 18.5 Å². The van der Waals surface area contributed by atoms with Crippen LogP contribution < -0.4 is 10.2 Å². The largest absolute Gasteiger partial charge is 0.320 e. The third-order valence-corrected chi connectivity index (χ3v) is 4.14. The number of carbonyl (C=O) groups is 2. The van der Waals surface area contributed by atoms with Crippen LogP contribution in [0.5, 0.6) is 0 Å². The molecule has 0 saturated carbocycles. The molecule has 0 radical (unpaired) electrons. The highest BCUT2D eigenvalue weighted by molar-refractivity contribution is 6.08. The van der Waals surface area contributed by atoms with Gasteiger partial charge in [0.15, 0.2) is 0 Å². The summed E-state index contributed by atoms with van der Waals surface area (Å²) >= 11 is 0. The first-order valence-electron chi connectivity index (χ1n) is 7.98. The van der Waals surface area contributed by atoms with Crippen molar-refractivity contribution in [1.82, 2.24) is 0 Å². The van der Waals surface area contributed by atoms with Crippen molar-refractivity contribution in [2.24, 2.45) is 0 Å². The molecule has 4 heteroatoms. The van der Waals surface area contributed by atoms with Crippen molar-refractivity contribution in [1.29, 1.82) is 0 Å². The summed E-state index contributed by atoms with van der Waals surface area (Å²) in [6.45, 7) is 2.79. The van der Waals surface area contributed by atoms with E-state index in [1.807, 2.05) is 48.5 Å². The van der Waals surface area contributed by atoms with Gasteiger partial charge in [-0.25, -0.2) is 0 Å². The van der Waals surface area contributed by atoms with Crippen LogP contribution in [0.2, 0.25) is 0 Å². The van der Waals surface area contributed by atoms with Gasteiger partial charge in [-0.1, -0.05) is 31.2 Å². The lowest BCUT2D eigenvalue weighted by atomic mass is 10.1. The van der Waals surface area contributed by atoms with Crippen molar-refractivity contribution in [3.63, 3.8) is 0 Å². The van der Waals surface area contributed by atoms with Crippen LogP contribution in [-0.4, -0.2) is 18.4 Å². The number of amides is 2. The fourth-order valence-electron chi connectivity index (χ4n) is 2.80. The predicted octanol–water partition coefficient (Wildman–Crippen LogP) is 3.63. The standard InChI is InChI=1S/C19H20N2O2/c1-2-14-9-11-15(12-10-14)19(23)20-16-6-3-4-7-17(16)21-13-5-8-18(21)22/h3-4,6-7,9-12H,2,5,8,13H2,1H3,(H,20,23). The summed E-state index contributed by atoms with van der Waals surface area (Å²) in [6, 6.07) is 15.0. The lowest BCUT2D eigenvalue weighted by Gasteiger charge is -2.20. The summed E-state index contributed by atoms with van der Waals surface area (Å²) < 4.78 is 0. The summed E-state index contributed by atoms with van der Waals surface area (Å²) in [7, 11) is 0. The molecule has 4 nitrogen and oxygen atoms in total. The first kappa shape index (κ1) is 15.3. The predicted molar refractivity (Wildman–Crippen MR) is 91.8 cm³/mol. The van der Waals surface area contributed by atoms with Gasteiger partial charge >= 0.3 is 0 Å². The fraction of sp³-hybridized carbons (Fsp3) is 0.263. The Hall–Kier alpha value is -2.62. The second kappa shape index (κ2) is 6.65. The van der Waals surface area contributed by atoms with Crippen LogP contribution in [0.15, 0.2) is 48.5 Å². The third kappa shape index (κ3) is 3.26. The molecule has 1 aliphatic rings. The first-order chi connectivity index (χ1) is 11.2. The lowest BCUT2D eigenvalue weighted by Crippen LogP contribution is -2.25. The van der Waals surface area contributed by atoms with E-state index in [1.165, 1.54) is 5.56 Å². The molecule has 0 unspecified atom stereocenters. The number of benzene rings is 2. The zero-order valence-electron chi connectivity index (χ0n) is 13.2. The Morgan fingerprint density at radius 3 is 2.52 bits per heavy atom. The van der Waals surface area contributed by atoms with Gasteiger partial charge in [0.2, 0.25) is 5.91 Å². The average Bonchev–Trinajstić information content (AvgIpc) is 3.01. The molecule has 0 aromatic heterocycles. The van der Waals surface area contributed by atoms with E-state index in [2.05, 4.69) is 12.2 Å². The van der Waals surface area contributed by atoms with Gasteiger partial charge in [-0.3, -0.25) is 9.59 Å². The van der Waals surface area contributed by atoms with Crippen LogP contribution in [0.4, 0.5) is 11.4 Å². The van der Waals surface area contributed by atoms with Gasteiger partial charge in [-0.2, -0.15) is 0 Å². The Balaban J connectivity index is 1.82. The smallest absolute Gasteiger partial charge is 0.255 e. The summed E-state index contributed by atoms with van der Waals surface area (Å²) in [4.78, 5) is 26.2. The lowest BCUT2D eigenvalue weighted by molar-refractivity contribution is -0.117. The highest BCUT2D eigenvalue weighted by Crippen LogP contribution is 2.29. The first-order valence-corrected chi connectivity index (χ1v) is 7.98. The Morgan fingerprint density at radius 2 is 1.87 bits per heavy atom. The summed E-state index contributed by atoms with van der Waals surface area (Å²) in [5.41, 5.74) is 3.26. The maximum Gasteiger partial charge on any atom is 0.255 e. The van der Waals surface area contributed by atoms with Gasteiger partial charge in [0.1, 0.15) is 0 Å². The molecule has 2 amide bonds.